The lowest BCUT2D eigenvalue weighted by atomic mass is 9.96. The highest BCUT2D eigenvalue weighted by molar-refractivity contribution is 5.85. The SMILES string of the molecule is COc1ccc(CNC(CCCCCC(CCC(C)C)NCc2ccc(OC)c(OC)c2)CCC(C)C)cc1OC.Cl. The quantitative estimate of drug-likeness (QED) is 0.131. The average molecular weight is 607 g/mol. The molecule has 0 aliphatic rings. The fraction of sp³-hybridized carbons (Fsp3) is 0.657. The number of unbranched alkanes of at least 4 members (excludes halogenated alkanes) is 2. The number of rotatable bonds is 22. The predicted octanol–water partition coefficient (Wildman–Crippen LogP) is 8.58. The number of hydrogen-bond acceptors (Lipinski definition) is 6. The van der Waals surface area contributed by atoms with Crippen LogP contribution in [0.2, 0.25) is 0 Å². The molecule has 42 heavy (non-hydrogen) atoms. The molecule has 0 heterocycles. The maximum absolute atomic E-state index is 5.50. The lowest BCUT2D eigenvalue weighted by molar-refractivity contribution is 0.353. The Kier molecular flexibility index (Phi) is 19.4. The van der Waals surface area contributed by atoms with Crippen molar-refractivity contribution in [3.8, 4) is 23.0 Å². The van der Waals surface area contributed by atoms with E-state index in [9.17, 15) is 0 Å². The summed E-state index contributed by atoms with van der Waals surface area (Å²) in [7, 11) is 6.75. The van der Waals surface area contributed by atoms with Gasteiger partial charge < -0.3 is 29.6 Å². The largest absolute Gasteiger partial charge is 0.493 e. The Balaban J connectivity index is 0.00000882. The molecule has 0 saturated carbocycles. The first-order chi connectivity index (χ1) is 19.8. The molecule has 0 amide bonds. The molecule has 7 heteroatoms. The fourth-order valence-electron chi connectivity index (χ4n) is 5.23. The van der Waals surface area contributed by atoms with Crippen LogP contribution in [0.25, 0.3) is 0 Å². The monoisotopic (exact) mass is 606 g/mol. The van der Waals surface area contributed by atoms with Crippen LogP contribution in [0.5, 0.6) is 23.0 Å². The molecule has 0 aliphatic carbocycles. The Morgan fingerprint density at radius 3 is 1.21 bits per heavy atom. The van der Waals surface area contributed by atoms with Crippen molar-refractivity contribution in [3.63, 3.8) is 0 Å². The van der Waals surface area contributed by atoms with Crippen molar-refractivity contribution < 1.29 is 18.9 Å². The molecule has 2 aromatic rings. The molecule has 2 N–H and O–H groups in total. The van der Waals surface area contributed by atoms with E-state index in [1.807, 2.05) is 12.1 Å². The summed E-state index contributed by atoms with van der Waals surface area (Å²) in [5, 5.41) is 7.68. The summed E-state index contributed by atoms with van der Waals surface area (Å²) in [6, 6.07) is 13.5. The van der Waals surface area contributed by atoms with Crippen LogP contribution in [-0.4, -0.2) is 40.5 Å². The minimum absolute atomic E-state index is 0. The molecule has 2 atom stereocenters. The molecule has 240 valence electrons. The first kappa shape index (κ1) is 37.9. The van der Waals surface area contributed by atoms with Gasteiger partial charge in [0.15, 0.2) is 23.0 Å². The molecule has 0 spiro atoms. The average Bonchev–Trinajstić information content (AvgIpc) is 2.98. The molecule has 0 aliphatic heterocycles. The van der Waals surface area contributed by atoms with E-state index < -0.39 is 0 Å². The maximum Gasteiger partial charge on any atom is 0.161 e. The van der Waals surface area contributed by atoms with Gasteiger partial charge in [0.1, 0.15) is 0 Å². The van der Waals surface area contributed by atoms with Crippen molar-refractivity contribution >= 4 is 12.4 Å². The van der Waals surface area contributed by atoms with E-state index in [1.165, 1.54) is 68.9 Å². The van der Waals surface area contributed by atoms with E-state index in [1.54, 1.807) is 28.4 Å². The number of hydrogen-bond donors (Lipinski definition) is 2. The van der Waals surface area contributed by atoms with Crippen LogP contribution in [0.15, 0.2) is 36.4 Å². The van der Waals surface area contributed by atoms with Crippen molar-refractivity contribution in [2.45, 2.75) is 111 Å². The molecule has 2 rings (SSSR count). The smallest absolute Gasteiger partial charge is 0.161 e. The van der Waals surface area contributed by atoms with E-state index in [0.717, 1.165) is 47.9 Å². The van der Waals surface area contributed by atoms with Crippen LogP contribution in [-0.2, 0) is 13.1 Å². The number of benzene rings is 2. The molecule has 0 radical (unpaired) electrons. The third kappa shape index (κ3) is 14.3. The number of nitrogens with one attached hydrogen (secondary N) is 2. The van der Waals surface area contributed by atoms with Crippen LogP contribution >= 0.6 is 12.4 Å². The van der Waals surface area contributed by atoms with Gasteiger partial charge in [0.05, 0.1) is 28.4 Å². The van der Waals surface area contributed by atoms with Crippen molar-refractivity contribution in [1.29, 1.82) is 0 Å². The van der Waals surface area contributed by atoms with Gasteiger partial charge in [-0.2, -0.15) is 0 Å². The molecule has 0 bridgehead atoms. The van der Waals surface area contributed by atoms with Gasteiger partial charge in [0.25, 0.3) is 0 Å². The zero-order valence-electron chi connectivity index (χ0n) is 27.6. The third-order valence-corrected chi connectivity index (χ3v) is 7.88. The molecular weight excluding hydrogens is 548 g/mol. The standard InChI is InChI=1S/C35H58N2O4.ClH/c1-26(2)14-18-30(36-24-28-16-20-32(38-5)34(22-28)40-7)12-10-9-11-13-31(19-15-27(3)4)37-25-29-17-21-33(39-6)35(23-29)41-8;/h16-17,20-23,26-27,30-31,36-37H,9-15,18-19,24-25H2,1-8H3;1H. The predicted molar refractivity (Wildman–Crippen MR) is 179 cm³/mol. The van der Waals surface area contributed by atoms with Gasteiger partial charge >= 0.3 is 0 Å². The molecule has 2 aromatic carbocycles. The van der Waals surface area contributed by atoms with E-state index in [2.05, 4.69) is 62.6 Å². The molecule has 6 nitrogen and oxygen atoms in total. The normalized spacial score (nSPS) is 12.6. The first-order valence-electron chi connectivity index (χ1n) is 15.7. The van der Waals surface area contributed by atoms with Crippen molar-refractivity contribution in [1.82, 2.24) is 10.6 Å². The third-order valence-electron chi connectivity index (χ3n) is 7.88. The molecule has 0 fully saturated rings. The molecular formula is C35H59ClN2O4. The van der Waals surface area contributed by atoms with E-state index in [4.69, 9.17) is 18.9 Å². The van der Waals surface area contributed by atoms with Gasteiger partial charge in [-0.15, -0.1) is 12.4 Å². The summed E-state index contributed by atoms with van der Waals surface area (Å²) in [6.07, 6.45) is 11.2. The van der Waals surface area contributed by atoms with E-state index in [-0.39, 0.29) is 12.4 Å². The second-order valence-electron chi connectivity index (χ2n) is 12.1. The Morgan fingerprint density at radius 1 is 0.500 bits per heavy atom. The van der Waals surface area contributed by atoms with Gasteiger partial charge in [0.2, 0.25) is 0 Å². The lowest BCUT2D eigenvalue weighted by Crippen LogP contribution is -2.29. The second-order valence-corrected chi connectivity index (χ2v) is 12.1. The highest BCUT2D eigenvalue weighted by atomic mass is 35.5. The van der Waals surface area contributed by atoms with Crippen LogP contribution in [0.1, 0.15) is 96.6 Å². The van der Waals surface area contributed by atoms with Crippen molar-refractivity contribution in [3.05, 3.63) is 47.5 Å². The summed E-state index contributed by atoms with van der Waals surface area (Å²) in [4.78, 5) is 0. The van der Waals surface area contributed by atoms with Gasteiger partial charge in [-0.1, -0.05) is 59.1 Å². The van der Waals surface area contributed by atoms with Crippen LogP contribution in [0.4, 0.5) is 0 Å². The number of halogens is 1. The van der Waals surface area contributed by atoms with E-state index in [0.29, 0.717) is 12.1 Å². The van der Waals surface area contributed by atoms with E-state index >= 15 is 0 Å². The summed E-state index contributed by atoms with van der Waals surface area (Å²) in [5.74, 6) is 4.57. The molecule has 0 saturated heterocycles. The Labute approximate surface area is 263 Å². The minimum atomic E-state index is 0. The van der Waals surface area contributed by atoms with Crippen LogP contribution in [0, 0.1) is 11.8 Å². The van der Waals surface area contributed by atoms with Gasteiger partial charge in [0, 0.05) is 25.2 Å². The fourth-order valence-corrected chi connectivity index (χ4v) is 5.23. The second kappa shape index (κ2) is 21.5. The van der Waals surface area contributed by atoms with Gasteiger partial charge in [-0.05, 0) is 85.8 Å². The Bertz CT molecular complexity index is 908. The summed E-state index contributed by atoms with van der Waals surface area (Å²) in [5.41, 5.74) is 2.46. The molecule has 2 unspecified atom stereocenters. The Morgan fingerprint density at radius 2 is 0.881 bits per heavy atom. The topological polar surface area (TPSA) is 61.0 Å². The van der Waals surface area contributed by atoms with Crippen molar-refractivity contribution in [2.75, 3.05) is 28.4 Å². The zero-order chi connectivity index (χ0) is 30.0. The van der Waals surface area contributed by atoms with Crippen LogP contribution < -0.4 is 29.6 Å². The van der Waals surface area contributed by atoms with Crippen molar-refractivity contribution in [2.24, 2.45) is 11.8 Å². The van der Waals surface area contributed by atoms with Gasteiger partial charge in [-0.25, -0.2) is 0 Å². The summed E-state index contributed by atoms with van der Waals surface area (Å²) >= 11 is 0. The Hall–Kier alpha value is -2.15. The van der Waals surface area contributed by atoms with Crippen LogP contribution in [0.3, 0.4) is 0 Å². The summed E-state index contributed by atoms with van der Waals surface area (Å²) < 4.78 is 21.8. The first-order valence-corrected chi connectivity index (χ1v) is 15.7. The van der Waals surface area contributed by atoms with Gasteiger partial charge in [-0.3, -0.25) is 0 Å². The number of methoxy groups -OCH3 is 4. The maximum atomic E-state index is 5.50. The number of ether oxygens (including phenoxy) is 4. The highest BCUT2D eigenvalue weighted by Crippen LogP contribution is 2.29. The molecule has 0 aromatic heterocycles. The zero-order valence-corrected chi connectivity index (χ0v) is 28.4. The highest BCUT2D eigenvalue weighted by Gasteiger charge is 2.13. The lowest BCUT2D eigenvalue weighted by Gasteiger charge is -2.22. The minimum Gasteiger partial charge on any atom is -0.493 e. The summed E-state index contributed by atoms with van der Waals surface area (Å²) in [6.45, 7) is 11.0.